The van der Waals surface area contributed by atoms with Crippen molar-refractivity contribution in [3.63, 3.8) is 0 Å². The number of unbranched alkanes of at least 4 members (excludes halogenated alkanes) is 1. The van der Waals surface area contributed by atoms with Crippen molar-refractivity contribution < 1.29 is 4.79 Å². The topological polar surface area (TPSA) is 101 Å². The van der Waals surface area contributed by atoms with Crippen molar-refractivity contribution in [3.05, 3.63) is 92.6 Å². The van der Waals surface area contributed by atoms with Crippen LogP contribution in [0.25, 0.3) is 0 Å². The molecule has 0 unspecified atom stereocenters. The molecule has 0 bridgehead atoms. The van der Waals surface area contributed by atoms with Gasteiger partial charge in [0.2, 0.25) is 5.91 Å². The van der Waals surface area contributed by atoms with Gasteiger partial charge in [-0.3, -0.25) is 24.0 Å². The highest BCUT2D eigenvalue weighted by atomic mass is 32.2. The maximum atomic E-state index is 13.3. The molecule has 0 aliphatic carbocycles. The zero-order valence-corrected chi connectivity index (χ0v) is 18.9. The van der Waals surface area contributed by atoms with Crippen LogP contribution in [0, 0.1) is 0 Å². The molecule has 0 radical (unpaired) electrons. The number of hydrogen-bond acceptors (Lipinski definition) is 5. The second kappa shape index (κ2) is 11.4. The van der Waals surface area contributed by atoms with Gasteiger partial charge in [-0.1, -0.05) is 74.0 Å². The first-order valence-electron chi connectivity index (χ1n) is 10.6. The van der Waals surface area contributed by atoms with E-state index in [4.69, 9.17) is 5.73 Å². The van der Waals surface area contributed by atoms with Crippen LogP contribution in [0.2, 0.25) is 0 Å². The number of nitrogens with two attached hydrogens (primary N) is 1. The highest BCUT2D eigenvalue weighted by Crippen LogP contribution is 2.22. The molecule has 1 heterocycles. The van der Waals surface area contributed by atoms with Crippen LogP contribution in [0.5, 0.6) is 0 Å². The first kappa shape index (κ1) is 23.4. The van der Waals surface area contributed by atoms with E-state index in [-0.39, 0.29) is 29.7 Å². The Labute approximate surface area is 191 Å². The molecular formula is C24H28N4O3S. The SMILES string of the molecule is CCCCn1c(N)c(N(Cc2ccccc2)C(=O)CSCc2ccccc2)c(=O)[nH]c1=O. The number of aromatic nitrogens is 2. The average Bonchev–Trinajstić information content (AvgIpc) is 2.79. The largest absolute Gasteiger partial charge is 0.383 e. The van der Waals surface area contributed by atoms with Crippen molar-refractivity contribution in [2.45, 2.75) is 38.6 Å². The van der Waals surface area contributed by atoms with Crippen LogP contribution in [-0.4, -0.2) is 21.2 Å². The highest BCUT2D eigenvalue weighted by molar-refractivity contribution is 7.99. The number of amides is 1. The van der Waals surface area contributed by atoms with Crippen molar-refractivity contribution >= 4 is 29.2 Å². The predicted octanol–water partition coefficient (Wildman–Crippen LogP) is 3.39. The van der Waals surface area contributed by atoms with Crippen LogP contribution in [0.1, 0.15) is 30.9 Å². The molecule has 1 amide bonds. The van der Waals surface area contributed by atoms with E-state index >= 15 is 0 Å². The Balaban J connectivity index is 1.91. The van der Waals surface area contributed by atoms with Gasteiger partial charge in [-0.2, -0.15) is 0 Å². The summed E-state index contributed by atoms with van der Waals surface area (Å²) in [6.07, 6.45) is 1.60. The first-order valence-corrected chi connectivity index (χ1v) is 11.7. The molecule has 0 atom stereocenters. The minimum atomic E-state index is -0.655. The normalized spacial score (nSPS) is 10.8. The summed E-state index contributed by atoms with van der Waals surface area (Å²) in [7, 11) is 0. The Morgan fingerprint density at radius 1 is 1.03 bits per heavy atom. The van der Waals surface area contributed by atoms with Gasteiger partial charge in [0, 0.05) is 12.3 Å². The number of nitrogen functional groups attached to an aromatic ring is 1. The van der Waals surface area contributed by atoms with Crippen molar-refractivity contribution in [1.29, 1.82) is 0 Å². The highest BCUT2D eigenvalue weighted by Gasteiger charge is 2.24. The van der Waals surface area contributed by atoms with Gasteiger partial charge in [0.1, 0.15) is 5.82 Å². The summed E-state index contributed by atoms with van der Waals surface area (Å²) in [5, 5.41) is 0. The van der Waals surface area contributed by atoms with Crippen LogP contribution in [0.3, 0.4) is 0 Å². The monoisotopic (exact) mass is 452 g/mol. The van der Waals surface area contributed by atoms with Crippen LogP contribution in [-0.2, 0) is 23.6 Å². The minimum absolute atomic E-state index is 0.0181. The molecule has 0 spiro atoms. The molecular weight excluding hydrogens is 424 g/mol. The lowest BCUT2D eigenvalue weighted by Gasteiger charge is -2.24. The van der Waals surface area contributed by atoms with E-state index in [0.717, 1.165) is 24.0 Å². The summed E-state index contributed by atoms with van der Waals surface area (Å²) in [4.78, 5) is 42.1. The summed E-state index contributed by atoms with van der Waals surface area (Å²) in [5.41, 5.74) is 7.06. The minimum Gasteiger partial charge on any atom is -0.383 e. The molecule has 3 rings (SSSR count). The molecule has 3 aromatic rings. The second-order valence-corrected chi connectivity index (χ2v) is 8.43. The Morgan fingerprint density at radius 2 is 1.66 bits per heavy atom. The predicted molar refractivity (Wildman–Crippen MR) is 131 cm³/mol. The average molecular weight is 453 g/mol. The number of aromatic amines is 1. The van der Waals surface area contributed by atoms with Crippen molar-refractivity contribution in [1.82, 2.24) is 9.55 Å². The summed E-state index contributed by atoms with van der Waals surface area (Å²) >= 11 is 1.47. The Kier molecular flexibility index (Phi) is 8.33. The molecule has 168 valence electrons. The standard InChI is InChI=1S/C24H28N4O3S/c1-2-3-14-27-22(25)21(23(30)26-24(27)31)28(15-18-10-6-4-7-11-18)20(29)17-32-16-19-12-8-5-9-13-19/h4-13H,2-3,14-17,25H2,1H3,(H,26,30,31). The van der Waals surface area contributed by atoms with Crippen LogP contribution >= 0.6 is 11.8 Å². The number of nitrogens with one attached hydrogen (secondary N) is 1. The molecule has 3 N–H and O–H groups in total. The quantitative estimate of drug-likeness (QED) is 0.491. The van der Waals surface area contributed by atoms with E-state index in [1.165, 1.54) is 21.2 Å². The van der Waals surface area contributed by atoms with E-state index in [2.05, 4.69) is 4.98 Å². The van der Waals surface area contributed by atoms with Gasteiger partial charge in [0.15, 0.2) is 5.69 Å². The van der Waals surface area contributed by atoms with Crippen molar-refractivity contribution in [2.75, 3.05) is 16.4 Å². The van der Waals surface area contributed by atoms with Crippen LogP contribution in [0.15, 0.2) is 70.3 Å². The fourth-order valence-electron chi connectivity index (χ4n) is 3.34. The molecule has 0 fully saturated rings. The van der Waals surface area contributed by atoms with Gasteiger partial charge in [-0.25, -0.2) is 4.79 Å². The van der Waals surface area contributed by atoms with Crippen LogP contribution in [0.4, 0.5) is 11.5 Å². The Morgan fingerprint density at radius 3 is 2.28 bits per heavy atom. The number of hydrogen-bond donors (Lipinski definition) is 2. The third kappa shape index (κ3) is 5.91. The molecule has 2 aromatic carbocycles. The molecule has 0 saturated carbocycles. The lowest BCUT2D eigenvalue weighted by Crippen LogP contribution is -2.41. The van der Waals surface area contributed by atoms with E-state index < -0.39 is 11.2 Å². The van der Waals surface area contributed by atoms with E-state index in [9.17, 15) is 14.4 Å². The van der Waals surface area contributed by atoms with Gasteiger partial charge in [-0.15, -0.1) is 11.8 Å². The van der Waals surface area contributed by atoms with Gasteiger partial charge in [-0.05, 0) is 17.5 Å². The molecule has 0 aliphatic rings. The van der Waals surface area contributed by atoms with Gasteiger partial charge in [0.05, 0.1) is 12.3 Å². The molecule has 0 aliphatic heterocycles. The van der Waals surface area contributed by atoms with Gasteiger partial charge >= 0.3 is 5.69 Å². The maximum Gasteiger partial charge on any atom is 0.330 e. The summed E-state index contributed by atoms with van der Waals surface area (Å²) < 4.78 is 1.34. The number of benzene rings is 2. The third-order valence-electron chi connectivity index (χ3n) is 5.04. The van der Waals surface area contributed by atoms with Crippen molar-refractivity contribution in [2.24, 2.45) is 0 Å². The first-order chi connectivity index (χ1) is 15.5. The van der Waals surface area contributed by atoms with E-state index in [0.29, 0.717) is 12.3 Å². The molecule has 1 aromatic heterocycles. The van der Waals surface area contributed by atoms with Crippen LogP contribution < -0.4 is 21.9 Å². The smallest absolute Gasteiger partial charge is 0.330 e. The zero-order chi connectivity index (χ0) is 22.9. The third-order valence-corrected chi connectivity index (χ3v) is 6.03. The number of thioether (sulfide) groups is 1. The molecule has 7 nitrogen and oxygen atoms in total. The lowest BCUT2D eigenvalue weighted by molar-refractivity contribution is -0.116. The fourth-order valence-corrected chi connectivity index (χ4v) is 4.20. The van der Waals surface area contributed by atoms with E-state index in [1.807, 2.05) is 67.6 Å². The summed E-state index contributed by atoms with van der Waals surface area (Å²) in [6.45, 7) is 2.56. The number of nitrogens with zero attached hydrogens (tertiary/aromatic N) is 2. The zero-order valence-electron chi connectivity index (χ0n) is 18.1. The lowest BCUT2D eigenvalue weighted by atomic mass is 10.2. The fraction of sp³-hybridized carbons (Fsp3) is 0.292. The van der Waals surface area contributed by atoms with Gasteiger partial charge in [0.25, 0.3) is 5.56 Å². The van der Waals surface area contributed by atoms with Crippen molar-refractivity contribution in [3.8, 4) is 0 Å². The number of carbonyl (C=O) groups is 1. The maximum absolute atomic E-state index is 13.3. The Hall–Kier alpha value is -3.26. The number of anilines is 2. The number of carbonyl (C=O) groups excluding carboxylic acids is 1. The van der Waals surface area contributed by atoms with E-state index in [1.54, 1.807) is 0 Å². The summed E-state index contributed by atoms with van der Waals surface area (Å²) in [5.74, 6) is 0.625. The van der Waals surface area contributed by atoms with Gasteiger partial charge < -0.3 is 5.73 Å². The summed E-state index contributed by atoms with van der Waals surface area (Å²) in [6, 6.07) is 19.3. The molecule has 32 heavy (non-hydrogen) atoms. The number of rotatable bonds is 10. The Bertz CT molecular complexity index is 1140. The molecule has 0 saturated heterocycles. The molecule has 8 heteroatoms. The second-order valence-electron chi connectivity index (χ2n) is 7.44. The number of H-pyrrole nitrogens is 1.